The molecule has 0 atom stereocenters. The molecule has 12 aromatic rings. The van der Waals surface area contributed by atoms with Crippen molar-refractivity contribution in [3.63, 3.8) is 0 Å². The fourth-order valence-corrected chi connectivity index (χ4v) is 9.47. The number of nitrogens with zero attached hydrogens (tertiary/aromatic N) is 2. The van der Waals surface area contributed by atoms with E-state index in [4.69, 9.17) is 9.97 Å². The Balaban J connectivity index is 0.941. The van der Waals surface area contributed by atoms with E-state index in [1.54, 1.807) is 0 Å². The fourth-order valence-electron chi connectivity index (χ4n) is 9.47. The maximum absolute atomic E-state index is 5.48. The zero-order chi connectivity index (χ0) is 37.6. The highest BCUT2D eigenvalue weighted by Crippen LogP contribution is 2.42. The Morgan fingerprint density at radius 2 is 0.912 bits per heavy atom. The van der Waals surface area contributed by atoms with Crippen molar-refractivity contribution < 1.29 is 0 Å². The van der Waals surface area contributed by atoms with Gasteiger partial charge in [0, 0.05) is 38.7 Å². The monoisotopic (exact) mass is 722 g/mol. The second kappa shape index (κ2) is 12.3. The van der Waals surface area contributed by atoms with E-state index in [2.05, 4.69) is 183 Å². The highest BCUT2D eigenvalue weighted by molar-refractivity contribution is 6.31. The van der Waals surface area contributed by atoms with Crippen molar-refractivity contribution in [2.75, 3.05) is 0 Å². The minimum absolute atomic E-state index is 1.01. The highest BCUT2D eigenvalue weighted by atomic mass is 14.7. The molecule has 2 nitrogen and oxygen atoms in total. The first-order valence-corrected chi connectivity index (χ1v) is 19.6. The molecule has 0 fully saturated rings. The Labute approximate surface area is 329 Å². The van der Waals surface area contributed by atoms with E-state index >= 15 is 0 Å². The van der Waals surface area contributed by atoms with Crippen molar-refractivity contribution in [1.82, 2.24) is 9.97 Å². The summed E-state index contributed by atoms with van der Waals surface area (Å²) in [7, 11) is 0. The minimum atomic E-state index is 1.01. The third-order valence-electron chi connectivity index (χ3n) is 12.2. The Hall–Kier alpha value is -7.42. The van der Waals surface area contributed by atoms with E-state index in [9.17, 15) is 0 Å². The Bertz CT molecular complexity index is 3640. The van der Waals surface area contributed by atoms with Gasteiger partial charge in [0.05, 0.1) is 16.7 Å². The summed E-state index contributed by atoms with van der Waals surface area (Å²) in [6.07, 6.45) is 1.89. The molecule has 0 aliphatic heterocycles. The molecule has 0 aliphatic rings. The molecule has 0 unspecified atom stereocenters. The topological polar surface area (TPSA) is 25.8 Å². The molecular formula is C55H34N2. The minimum Gasteiger partial charge on any atom is -0.256 e. The zero-order valence-electron chi connectivity index (χ0n) is 31.3. The maximum atomic E-state index is 5.48. The third kappa shape index (κ3) is 4.84. The predicted octanol–water partition coefficient (Wildman–Crippen LogP) is 15.0. The standard InChI is InChI=1S/C55H34N2/c1-33-10-8-18-47-50(32-40-11-9-29-56-54(40)51(33)47)39-26-28-42-38(31-39)24-23-37-30-36(25-27-41(37)42)34-19-21-35(22-20-34)53-49-17-7-5-15-46(49)52-45-14-4-2-12-43(45)44-13-3-6-16-48(44)55(52)57-53/h2-32H,1H3. The molecule has 0 radical (unpaired) electrons. The molecule has 0 saturated carbocycles. The van der Waals surface area contributed by atoms with Gasteiger partial charge in [0.2, 0.25) is 0 Å². The van der Waals surface area contributed by atoms with Gasteiger partial charge in [-0.05, 0) is 107 Å². The number of aryl methyl sites for hydroxylation is 1. The van der Waals surface area contributed by atoms with Crippen LogP contribution >= 0.6 is 0 Å². The molecule has 10 aromatic carbocycles. The quantitative estimate of drug-likeness (QED) is 0.170. The number of benzene rings is 10. The van der Waals surface area contributed by atoms with Crippen molar-refractivity contribution in [3.05, 3.63) is 194 Å². The van der Waals surface area contributed by atoms with Gasteiger partial charge in [-0.1, -0.05) is 158 Å². The van der Waals surface area contributed by atoms with Gasteiger partial charge in [0.1, 0.15) is 0 Å². The molecule has 0 amide bonds. The lowest BCUT2D eigenvalue weighted by molar-refractivity contribution is 1.42. The Morgan fingerprint density at radius 1 is 0.333 bits per heavy atom. The number of fused-ring (bicyclic) bond motifs is 14. The summed E-state index contributed by atoms with van der Waals surface area (Å²) in [4.78, 5) is 10.3. The largest absolute Gasteiger partial charge is 0.256 e. The molecule has 0 aliphatic carbocycles. The van der Waals surface area contributed by atoms with Gasteiger partial charge in [-0.25, -0.2) is 4.98 Å². The van der Waals surface area contributed by atoms with Crippen molar-refractivity contribution >= 4 is 86.4 Å². The van der Waals surface area contributed by atoms with Gasteiger partial charge in [0.15, 0.2) is 0 Å². The summed E-state index contributed by atoms with van der Waals surface area (Å²) < 4.78 is 0. The van der Waals surface area contributed by atoms with Crippen LogP contribution < -0.4 is 0 Å². The number of pyridine rings is 2. The molecule has 2 heteroatoms. The average molecular weight is 723 g/mol. The van der Waals surface area contributed by atoms with Crippen LogP contribution in [0.4, 0.5) is 0 Å². The van der Waals surface area contributed by atoms with Crippen molar-refractivity contribution in [2.45, 2.75) is 6.92 Å². The van der Waals surface area contributed by atoms with Gasteiger partial charge in [-0.2, -0.15) is 0 Å². The first-order valence-electron chi connectivity index (χ1n) is 19.6. The van der Waals surface area contributed by atoms with Crippen LogP contribution in [-0.2, 0) is 0 Å². The zero-order valence-corrected chi connectivity index (χ0v) is 31.3. The molecule has 0 N–H and O–H groups in total. The van der Waals surface area contributed by atoms with Crippen molar-refractivity contribution in [2.24, 2.45) is 0 Å². The van der Waals surface area contributed by atoms with E-state index in [0.29, 0.717) is 0 Å². The molecule has 12 rings (SSSR count). The maximum Gasteiger partial charge on any atom is 0.0800 e. The highest BCUT2D eigenvalue weighted by Gasteiger charge is 2.17. The first-order chi connectivity index (χ1) is 28.2. The predicted molar refractivity (Wildman–Crippen MR) is 243 cm³/mol. The van der Waals surface area contributed by atoms with Gasteiger partial charge >= 0.3 is 0 Å². The summed E-state index contributed by atoms with van der Waals surface area (Å²) in [5.74, 6) is 0. The van der Waals surface area contributed by atoms with Crippen LogP contribution in [0.3, 0.4) is 0 Å². The molecule has 0 spiro atoms. The summed E-state index contributed by atoms with van der Waals surface area (Å²) in [5, 5.41) is 17.2. The second-order valence-corrected chi connectivity index (χ2v) is 15.3. The van der Waals surface area contributed by atoms with E-state index in [1.807, 2.05) is 12.3 Å². The molecule has 0 bridgehead atoms. The van der Waals surface area contributed by atoms with Crippen molar-refractivity contribution in [1.29, 1.82) is 0 Å². The number of rotatable bonds is 3. The van der Waals surface area contributed by atoms with Gasteiger partial charge in [0.25, 0.3) is 0 Å². The summed E-state index contributed by atoms with van der Waals surface area (Å²) >= 11 is 0. The number of hydrogen-bond donors (Lipinski definition) is 0. The van der Waals surface area contributed by atoms with E-state index in [1.165, 1.54) is 97.8 Å². The fraction of sp³-hybridized carbons (Fsp3) is 0.0182. The third-order valence-corrected chi connectivity index (χ3v) is 12.2. The van der Waals surface area contributed by atoms with E-state index in [0.717, 1.165) is 27.7 Å². The average Bonchev–Trinajstić information content (AvgIpc) is 3.28. The van der Waals surface area contributed by atoms with E-state index < -0.39 is 0 Å². The van der Waals surface area contributed by atoms with Crippen LogP contribution in [0.1, 0.15) is 5.56 Å². The normalized spacial score (nSPS) is 11.9. The molecule has 2 heterocycles. The lowest BCUT2D eigenvalue weighted by Crippen LogP contribution is -1.92. The Kier molecular flexibility index (Phi) is 6.88. The van der Waals surface area contributed by atoms with Crippen LogP contribution in [0.15, 0.2) is 188 Å². The van der Waals surface area contributed by atoms with Gasteiger partial charge < -0.3 is 0 Å². The van der Waals surface area contributed by atoms with Crippen LogP contribution in [0.25, 0.3) is 120 Å². The molecule has 2 aromatic heterocycles. The van der Waals surface area contributed by atoms with Gasteiger partial charge in [-0.15, -0.1) is 0 Å². The van der Waals surface area contributed by atoms with Crippen LogP contribution in [0.2, 0.25) is 0 Å². The van der Waals surface area contributed by atoms with Crippen LogP contribution in [0.5, 0.6) is 0 Å². The van der Waals surface area contributed by atoms with Crippen molar-refractivity contribution in [3.8, 4) is 33.5 Å². The molecule has 57 heavy (non-hydrogen) atoms. The summed E-state index contributed by atoms with van der Waals surface area (Å²) in [6.45, 7) is 2.18. The Morgan fingerprint density at radius 3 is 1.67 bits per heavy atom. The first kappa shape index (κ1) is 31.9. The van der Waals surface area contributed by atoms with E-state index in [-0.39, 0.29) is 0 Å². The SMILES string of the molecule is Cc1cccc2c(-c3ccc4c(ccc5cc(-c6ccc(-c7nc8c9ccccc9c9ccccc9c8c8ccccc78)cc6)ccc54)c3)cc3cccnc3c12. The number of hydrogen-bond acceptors (Lipinski definition) is 2. The molecule has 264 valence electrons. The van der Waals surface area contributed by atoms with Gasteiger partial charge in [-0.3, -0.25) is 4.98 Å². The van der Waals surface area contributed by atoms with Crippen LogP contribution in [0, 0.1) is 6.92 Å². The molecular weight excluding hydrogens is 689 g/mol. The summed E-state index contributed by atoms with van der Waals surface area (Å²) in [5.41, 5.74) is 10.3. The summed E-state index contributed by atoms with van der Waals surface area (Å²) in [6, 6.07) is 66.5. The lowest BCUT2D eigenvalue weighted by atomic mass is 9.91. The lowest BCUT2D eigenvalue weighted by Gasteiger charge is -2.15. The smallest absolute Gasteiger partial charge is 0.0800 e. The molecule has 0 saturated heterocycles. The number of aromatic nitrogens is 2. The van der Waals surface area contributed by atoms with Crippen LogP contribution in [-0.4, -0.2) is 9.97 Å². The second-order valence-electron chi connectivity index (χ2n) is 15.3.